The maximum absolute atomic E-state index is 10.5. The van der Waals surface area contributed by atoms with Crippen molar-refractivity contribution in [3.8, 4) is 0 Å². The third-order valence-electron chi connectivity index (χ3n) is 1.73. The highest BCUT2D eigenvalue weighted by molar-refractivity contribution is 9.10. The Kier molecular flexibility index (Phi) is 2.20. The molecule has 0 unspecified atom stereocenters. The van der Waals surface area contributed by atoms with E-state index >= 15 is 0 Å². The highest BCUT2D eigenvalue weighted by Gasteiger charge is 2.06. The summed E-state index contributed by atoms with van der Waals surface area (Å²) in [6, 6.07) is 1.84. The molecule has 0 amide bonds. The lowest BCUT2D eigenvalue weighted by molar-refractivity contribution is -0.137. The highest BCUT2D eigenvalue weighted by atomic mass is 79.9. The first-order chi connectivity index (χ1) is 6.66. The van der Waals surface area contributed by atoms with Crippen molar-refractivity contribution in [3.05, 3.63) is 22.9 Å². The van der Waals surface area contributed by atoms with Crippen LogP contribution in [0, 0.1) is 0 Å². The first-order valence-corrected chi connectivity index (χ1v) is 4.65. The average Bonchev–Trinajstić information content (AvgIpc) is 2.47. The highest BCUT2D eigenvalue weighted by Crippen LogP contribution is 2.16. The van der Waals surface area contributed by atoms with Gasteiger partial charge in [0.05, 0.1) is 6.20 Å². The second-order valence-electron chi connectivity index (χ2n) is 2.76. The third-order valence-corrected chi connectivity index (χ3v) is 2.16. The molecule has 0 aromatic carbocycles. The molecule has 0 saturated heterocycles. The third kappa shape index (κ3) is 1.60. The Labute approximate surface area is 87.5 Å². The molecule has 0 fully saturated rings. The summed E-state index contributed by atoms with van der Waals surface area (Å²) in [5, 5.41) is 13.4. The van der Waals surface area contributed by atoms with Gasteiger partial charge in [0, 0.05) is 16.1 Å². The SMILES string of the molecule is O=C(O)Cn1ncc2cc(Br)cnc21. The van der Waals surface area contributed by atoms with Gasteiger partial charge in [-0.1, -0.05) is 0 Å². The first-order valence-electron chi connectivity index (χ1n) is 3.85. The fraction of sp³-hybridized carbons (Fsp3) is 0.125. The number of carboxylic acid groups (broad SMARTS) is 1. The van der Waals surface area contributed by atoms with Gasteiger partial charge in [-0.3, -0.25) is 4.79 Å². The van der Waals surface area contributed by atoms with Crippen molar-refractivity contribution >= 4 is 32.9 Å². The monoisotopic (exact) mass is 255 g/mol. The summed E-state index contributed by atoms with van der Waals surface area (Å²) >= 11 is 3.28. The lowest BCUT2D eigenvalue weighted by Gasteiger charge is -1.97. The van der Waals surface area contributed by atoms with Gasteiger partial charge in [-0.15, -0.1) is 0 Å². The molecule has 72 valence electrons. The van der Waals surface area contributed by atoms with Crippen LogP contribution >= 0.6 is 15.9 Å². The Balaban J connectivity index is 2.52. The molecule has 5 nitrogen and oxygen atoms in total. The Morgan fingerprint density at radius 2 is 2.36 bits per heavy atom. The Hall–Kier alpha value is -1.43. The van der Waals surface area contributed by atoms with E-state index in [1.165, 1.54) is 4.68 Å². The number of hydrogen-bond donors (Lipinski definition) is 1. The molecule has 6 heteroatoms. The number of hydrogen-bond acceptors (Lipinski definition) is 3. The zero-order valence-corrected chi connectivity index (χ0v) is 8.60. The summed E-state index contributed by atoms with van der Waals surface area (Å²) in [7, 11) is 0. The van der Waals surface area contributed by atoms with Crippen LogP contribution in [0.15, 0.2) is 22.9 Å². The summed E-state index contributed by atoms with van der Waals surface area (Å²) in [5.41, 5.74) is 0.579. The fourth-order valence-corrected chi connectivity index (χ4v) is 1.54. The fourth-order valence-electron chi connectivity index (χ4n) is 1.19. The number of fused-ring (bicyclic) bond motifs is 1. The van der Waals surface area contributed by atoms with E-state index in [0.29, 0.717) is 5.65 Å². The van der Waals surface area contributed by atoms with Gasteiger partial charge in [-0.25, -0.2) is 9.67 Å². The molecule has 14 heavy (non-hydrogen) atoms. The number of aliphatic carboxylic acids is 1. The maximum atomic E-state index is 10.5. The molecule has 2 aromatic rings. The first kappa shape index (κ1) is 9.14. The second-order valence-corrected chi connectivity index (χ2v) is 3.68. The van der Waals surface area contributed by atoms with E-state index < -0.39 is 5.97 Å². The Morgan fingerprint density at radius 3 is 3.07 bits per heavy atom. The van der Waals surface area contributed by atoms with Crippen LogP contribution in [0.1, 0.15) is 0 Å². The smallest absolute Gasteiger partial charge is 0.325 e. The second kappa shape index (κ2) is 3.38. The van der Waals surface area contributed by atoms with Gasteiger partial charge in [0.15, 0.2) is 5.65 Å². The van der Waals surface area contributed by atoms with Gasteiger partial charge in [0.25, 0.3) is 0 Å². The van der Waals surface area contributed by atoms with E-state index in [4.69, 9.17) is 5.11 Å². The van der Waals surface area contributed by atoms with E-state index in [9.17, 15) is 4.79 Å². The molecule has 2 rings (SSSR count). The van der Waals surface area contributed by atoms with Crippen molar-refractivity contribution in [3.63, 3.8) is 0 Å². The number of pyridine rings is 1. The van der Waals surface area contributed by atoms with Crippen LogP contribution in [0.25, 0.3) is 11.0 Å². The Morgan fingerprint density at radius 1 is 1.57 bits per heavy atom. The molecule has 2 heterocycles. The van der Waals surface area contributed by atoms with Crippen molar-refractivity contribution in [2.75, 3.05) is 0 Å². The Bertz CT molecular complexity index is 494. The number of carboxylic acids is 1. The van der Waals surface area contributed by atoms with Crippen LogP contribution in [0.5, 0.6) is 0 Å². The van der Waals surface area contributed by atoms with E-state index in [-0.39, 0.29) is 6.54 Å². The standard InChI is InChI=1S/C8H6BrN3O2/c9-6-1-5-2-11-12(4-7(13)14)8(5)10-3-6/h1-3H,4H2,(H,13,14). The number of nitrogens with zero attached hydrogens (tertiary/aromatic N) is 3. The van der Waals surface area contributed by atoms with Crippen molar-refractivity contribution in [1.29, 1.82) is 0 Å². The molecular weight excluding hydrogens is 250 g/mol. The normalized spacial score (nSPS) is 10.6. The van der Waals surface area contributed by atoms with Gasteiger partial charge in [-0.05, 0) is 22.0 Å². The van der Waals surface area contributed by atoms with Crippen molar-refractivity contribution < 1.29 is 9.90 Å². The minimum atomic E-state index is -0.931. The number of halogens is 1. The largest absolute Gasteiger partial charge is 0.480 e. The lowest BCUT2D eigenvalue weighted by atomic mass is 10.4. The lowest BCUT2D eigenvalue weighted by Crippen LogP contribution is -2.10. The predicted octanol–water partition coefficient (Wildman–Crippen LogP) is 1.28. The van der Waals surface area contributed by atoms with E-state index in [2.05, 4.69) is 26.0 Å². The zero-order valence-electron chi connectivity index (χ0n) is 7.01. The van der Waals surface area contributed by atoms with Crippen molar-refractivity contribution in [2.24, 2.45) is 0 Å². The number of aromatic nitrogens is 3. The average molecular weight is 256 g/mol. The summed E-state index contributed by atoms with van der Waals surface area (Å²) < 4.78 is 2.20. The van der Waals surface area contributed by atoms with Crippen molar-refractivity contribution in [1.82, 2.24) is 14.8 Å². The van der Waals surface area contributed by atoms with Crippen LogP contribution in [-0.4, -0.2) is 25.8 Å². The van der Waals surface area contributed by atoms with Crippen LogP contribution in [-0.2, 0) is 11.3 Å². The maximum Gasteiger partial charge on any atom is 0.325 e. The number of carbonyl (C=O) groups is 1. The molecule has 1 N–H and O–H groups in total. The molecule has 0 radical (unpaired) electrons. The topological polar surface area (TPSA) is 68.0 Å². The van der Waals surface area contributed by atoms with Gasteiger partial charge in [0.2, 0.25) is 0 Å². The van der Waals surface area contributed by atoms with Crippen LogP contribution < -0.4 is 0 Å². The van der Waals surface area contributed by atoms with Gasteiger partial charge >= 0.3 is 5.97 Å². The molecule has 0 saturated carbocycles. The zero-order chi connectivity index (χ0) is 10.1. The molecule has 0 aliphatic heterocycles. The van der Waals surface area contributed by atoms with Crippen LogP contribution in [0.3, 0.4) is 0 Å². The molecule has 0 aliphatic carbocycles. The van der Waals surface area contributed by atoms with Gasteiger partial charge < -0.3 is 5.11 Å². The van der Waals surface area contributed by atoms with Crippen LogP contribution in [0.4, 0.5) is 0 Å². The molecule has 0 bridgehead atoms. The predicted molar refractivity (Wildman–Crippen MR) is 52.9 cm³/mol. The quantitative estimate of drug-likeness (QED) is 0.878. The molecule has 0 aliphatic rings. The minimum absolute atomic E-state index is 0.169. The molecule has 0 atom stereocenters. The molecule has 0 spiro atoms. The summed E-state index contributed by atoms with van der Waals surface area (Å²) in [6.07, 6.45) is 3.21. The summed E-state index contributed by atoms with van der Waals surface area (Å²) in [4.78, 5) is 14.6. The molecular formula is C8H6BrN3O2. The molecule has 2 aromatic heterocycles. The van der Waals surface area contributed by atoms with E-state index in [0.717, 1.165) is 9.86 Å². The van der Waals surface area contributed by atoms with Crippen molar-refractivity contribution in [2.45, 2.75) is 6.54 Å². The van der Waals surface area contributed by atoms with Gasteiger partial charge in [0.1, 0.15) is 6.54 Å². The van der Waals surface area contributed by atoms with Crippen LogP contribution in [0.2, 0.25) is 0 Å². The minimum Gasteiger partial charge on any atom is -0.480 e. The van der Waals surface area contributed by atoms with E-state index in [1.807, 2.05) is 6.07 Å². The summed E-state index contributed by atoms with van der Waals surface area (Å²) in [6.45, 7) is -0.169. The summed E-state index contributed by atoms with van der Waals surface area (Å²) in [5.74, 6) is -0.931. The van der Waals surface area contributed by atoms with Gasteiger partial charge in [-0.2, -0.15) is 5.10 Å². The van der Waals surface area contributed by atoms with E-state index in [1.54, 1.807) is 12.4 Å². The number of rotatable bonds is 2.